The fraction of sp³-hybridized carbons (Fsp3) is 0.846. The van der Waals surface area contributed by atoms with Crippen LogP contribution in [-0.2, 0) is 11.3 Å². The molecule has 1 aliphatic carbocycles. The third-order valence-electron chi connectivity index (χ3n) is 3.45. The zero-order valence-electron chi connectivity index (χ0n) is 11.2. The van der Waals surface area contributed by atoms with Gasteiger partial charge in [-0.1, -0.05) is 37.0 Å². The Balaban J connectivity index is 1.81. The number of hydrogen-bond donors (Lipinski definition) is 1. The number of hydrogen-bond acceptors (Lipinski definition) is 5. The van der Waals surface area contributed by atoms with Crippen molar-refractivity contribution < 1.29 is 4.74 Å². The second kappa shape index (κ2) is 7.81. The summed E-state index contributed by atoms with van der Waals surface area (Å²) >= 11 is 1.78. The molecule has 1 aromatic rings. The molecule has 0 radical (unpaired) electrons. The Kier molecular flexibility index (Phi) is 6.04. The number of methoxy groups -OCH3 is 1. The zero-order chi connectivity index (χ0) is 12.6. The predicted octanol–water partition coefficient (Wildman–Crippen LogP) is 2.71. The maximum Gasteiger partial charge on any atom is 0.131 e. The second-order valence-corrected chi connectivity index (χ2v) is 5.99. The van der Waals surface area contributed by atoms with E-state index >= 15 is 0 Å². The molecule has 1 heterocycles. The highest BCUT2D eigenvalue weighted by atomic mass is 32.1. The third-order valence-corrected chi connectivity index (χ3v) is 4.53. The van der Waals surface area contributed by atoms with E-state index in [4.69, 9.17) is 4.74 Å². The van der Waals surface area contributed by atoms with Gasteiger partial charge in [-0.3, -0.25) is 0 Å². The first-order valence-corrected chi connectivity index (χ1v) is 7.73. The van der Waals surface area contributed by atoms with Crippen molar-refractivity contribution in [1.82, 2.24) is 15.5 Å². The van der Waals surface area contributed by atoms with E-state index in [1.165, 1.54) is 43.5 Å². The maximum absolute atomic E-state index is 5.00. The van der Waals surface area contributed by atoms with Gasteiger partial charge in [-0.2, -0.15) is 0 Å². The van der Waals surface area contributed by atoms with E-state index in [1.54, 1.807) is 18.4 Å². The first-order valence-electron chi connectivity index (χ1n) is 6.92. The lowest BCUT2D eigenvalue weighted by Gasteiger charge is -2.08. The molecule has 2 rings (SSSR count). The van der Waals surface area contributed by atoms with Gasteiger partial charge in [0.1, 0.15) is 10.0 Å². The largest absolute Gasteiger partial charge is 0.383 e. The quantitative estimate of drug-likeness (QED) is 0.637. The van der Waals surface area contributed by atoms with Crippen molar-refractivity contribution >= 4 is 11.3 Å². The lowest BCUT2D eigenvalue weighted by Crippen LogP contribution is -2.18. The molecule has 1 N–H and O–H groups in total. The summed E-state index contributed by atoms with van der Waals surface area (Å²) in [6, 6.07) is 0. The van der Waals surface area contributed by atoms with E-state index in [2.05, 4.69) is 15.5 Å². The van der Waals surface area contributed by atoms with Gasteiger partial charge in [0, 0.05) is 26.1 Å². The van der Waals surface area contributed by atoms with Crippen LogP contribution in [0.2, 0.25) is 0 Å². The lowest BCUT2D eigenvalue weighted by molar-refractivity contribution is 0.199. The molecule has 0 aromatic carbocycles. The average Bonchev–Trinajstić information content (AvgIpc) is 2.69. The van der Waals surface area contributed by atoms with E-state index in [-0.39, 0.29) is 0 Å². The molecular formula is C13H23N3OS. The standard InChI is InChI=1S/C13H23N3OS/c1-17-9-8-14-10-12-15-16-13(18-12)11-6-4-2-3-5-7-11/h11,14H,2-10H2,1H3. The molecule has 0 aliphatic heterocycles. The number of nitrogens with zero attached hydrogens (tertiary/aromatic N) is 2. The summed E-state index contributed by atoms with van der Waals surface area (Å²) < 4.78 is 5.00. The van der Waals surface area contributed by atoms with Gasteiger partial charge < -0.3 is 10.1 Å². The van der Waals surface area contributed by atoms with Crippen molar-refractivity contribution in [1.29, 1.82) is 0 Å². The van der Waals surface area contributed by atoms with Crippen molar-refractivity contribution in [3.63, 3.8) is 0 Å². The molecule has 102 valence electrons. The van der Waals surface area contributed by atoms with Gasteiger partial charge in [0.2, 0.25) is 0 Å². The summed E-state index contributed by atoms with van der Waals surface area (Å²) in [5.74, 6) is 0.665. The highest BCUT2D eigenvalue weighted by Gasteiger charge is 2.18. The Hall–Kier alpha value is -0.520. The SMILES string of the molecule is COCCNCc1nnc(C2CCCCCC2)s1. The summed E-state index contributed by atoms with van der Waals surface area (Å²) in [4.78, 5) is 0. The minimum Gasteiger partial charge on any atom is -0.383 e. The summed E-state index contributed by atoms with van der Waals surface area (Å²) in [5.41, 5.74) is 0. The highest BCUT2D eigenvalue weighted by molar-refractivity contribution is 7.11. The molecular weight excluding hydrogens is 246 g/mol. The second-order valence-electron chi connectivity index (χ2n) is 4.89. The normalized spacial score (nSPS) is 17.8. The first-order chi connectivity index (χ1) is 8.90. The van der Waals surface area contributed by atoms with Crippen LogP contribution in [0.25, 0.3) is 0 Å². The molecule has 1 fully saturated rings. The molecule has 0 unspecified atom stereocenters. The molecule has 0 amide bonds. The fourth-order valence-electron chi connectivity index (χ4n) is 2.40. The summed E-state index contributed by atoms with van der Waals surface area (Å²) in [6.45, 7) is 2.43. The predicted molar refractivity (Wildman–Crippen MR) is 73.9 cm³/mol. The Labute approximate surface area is 113 Å². The molecule has 5 heteroatoms. The lowest BCUT2D eigenvalue weighted by atomic mass is 10.0. The van der Waals surface area contributed by atoms with Crippen molar-refractivity contribution in [2.24, 2.45) is 0 Å². The van der Waals surface area contributed by atoms with Crippen LogP contribution in [-0.4, -0.2) is 30.5 Å². The van der Waals surface area contributed by atoms with E-state index in [1.807, 2.05) is 0 Å². The molecule has 4 nitrogen and oxygen atoms in total. The van der Waals surface area contributed by atoms with Gasteiger partial charge in [0.25, 0.3) is 0 Å². The molecule has 0 bridgehead atoms. The van der Waals surface area contributed by atoms with Gasteiger partial charge in [-0.25, -0.2) is 0 Å². The van der Waals surface area contributed by atoms with Gasteiger partial charge >= 0.3 is 0 Å². The summed E-state index contributed by atoms with van der Waals surface area (Å²) in [6.07, 6.45) is 8.08. The number of rotatable bonds is 6. The van der Waals surface area contributed by atoms with Crippen molar-refractivity contribution in [3.8, 4) is 0 Å². The Bertz CT molecular complexity index is 335. The van der Waals surface area contributed by atoms with Crippen LogP contribution in [0.4, 0.5) is 0 Å². The van der Waals surface area contributed by atoms with Gasteiger partial charge in [-0.15, -0.1) is 10.2 Å². The number of ether oxygens (including phenoxy) is 1. The van der Waals surface area contributed by atoms with E-state index in [0.29, 0.717) is 5.92 Å². The minimum atomic E-state index is 0.665. The van der Waals surface area contributed by atoms with Crippen LogP contribution < -0.4 is 5.32 Å². The molecule has 18 heavy (non-hydrogen) atoms. The highest BCUT2D eigenvalue weighted by Crippen LogP contribution is 2.32. The monoisotopic (exact) mass is 269 g/mol. The minimum absolute atomic E-state index is 0.665. The maximum atomic E-state index is 5.00. The Morgan fingerprint density at radius 2 is 2.00 bits per heavy atom. The van der Waals surface area contributed by atoms with E-state index in [9.17, 15) is 0 Å². The fourth-order valence-corrected chi connectivity index (χ4v) is 3.38. The van der Waals surface area contributed by atoms with Crippen molar-refractivity contribution in [2.75, 3.05) is 20.3 Å². The molecule has 1 aliphatic rings. The molecule has 0 atom stereocenters. The van der Waals surface area contributed by atoms with Crippen molar-refractivity contribution in [2.45, 2.75) is 51.0 Å². The first kappa shape index (κ1) is 13.9. The van der Waals surface area contributed by atoms with E-state index < -0.39 is 0 Å². The zero-order valence-corrected chi connectivity index (χ0v) is 12.0. The third kappa shape index (κ3) is 4.30. The molecule has 0 spiro atoms. The smallest absolute Gasteiger partial charge is 0.131 e. The Morgan fingerprint density at radius 1 is 1.22 bits per heavy atom. The summed E-state index contributed by atoms with van der Waals surface area (Å²) in [7, 11) is 1.72. The van der Waals surface area contributed by atoms with Crippen LogP contribution in [0, 0.1) is 0 Å². The average molecular weight is 269 g/mol. The number of nitrogens with one attached hydrogen (secondary N) is 1. The van der Waals surface area contributed by atoms with E-state index in [0.717, 1.165) is 24.7 Å². The van der Waals surface area contributed by atoms with Crippen LogP contribution in [0.5, 0.6) is 0 Å². The summed E-state index contributed by atoms with van der Waals surface area (Å²) in [5, 5.41) is 14.3. The van der Waals surface area contributed by atoms with Gasteiger partial charge in [0.05, 0.1) is 6.61 Å². The molecule has 0 saturated heterocycles. The van der Waals surface area contributed by atoms with Crippen LogP contribution >= 0.6 is 11.3 Å². The van der Waals surface area contributed by atoms with Crippen LogP contribution in [0.3, 0.4) is 0 Å². The van der Waals surface area contributed by atoms with Crippen LogP contribution in [0.15, 0.2) is 0 Å². The topological polar surface area (TPSA) is 47.0 Å². The molecule has 1 aromatic heterocycles. The Morgan fingerprint density at radius 3 is 2.72 bits per heavy atom. The van der Waals surface area contributed by atoms with Gasteiger partial charge in [0.15, 0.2) is 0 Å². The van der Waals surface area contributed by atoms with Crippen molar-refractivity contribution in [3.05, 3.63) is 10.0 Å². The van der Waals surface area contributed by atoms with Gasteiger partial charge in [-0.05, 0) is 12.8 Å². The van der Waals surface area contributed by atoms with Crippen LogP contribution in [0.1, 0.15) is 54.5 Å². The number of aromatic nitrogens is 2. The molecule has 1 saturated carbocycles.